The van der Waals surface area contributed by atoms with Crippen LogP contribution in [0, 0.1) is 0 Å². The van der Waals surface area contributed by atoms with E-state index in [1.165, 1.54) is 16.4 Å². The van der Waals surface area contributed by atoms with Crippen LogP contribution in [0.4, 0.5) is 5.69 Å². The smallest absolute Gasteiger partial charge is 0.265 e. The Morgan fingerprint density at radius 3 is 2.36 bits per heavy atom. The third-order valence-electron chi connectivity index (χ3n) is 4.58. The molecule has 2 aromatic carbocycles. The summed E-state index contributed by atoms with van der Waals surface area (Å²) in [6.07, 6.45) is 2.07. The average molecular weight is 423 g/mol. The standard InChI is InChI=1S/C20H23ClN2O4S/c1-15(27-19-8-4-3-7-18(19)21)20(24)22-16-9-11-17(12-10-16)28(25,26)23-13-5-2-6-14-23/h3-4,7-12,15H,2,5-6,13-14H2,1H3,(H,22,24)/t15-/m1/s1. The van der Waals surface area contributed by atoms with Gasteiger partial charge >= 0.3 is 0 Å². The quantitative estimate of drug-likeness (QED) is 0.765. The Labute approximate surface area is 170 Å². The third-order valence-corrected chi connectivity index (χ3v) is 6.81. The number of hydrogen-bond donors (Lipinski definition) is 1. The van der Waals surface area contributed by atoms with E-state index in [4.69, 9.17) is 16.3 Å². The molecule has 1 atom stereocenters. The van der Waals surface area contributed by atoms with Crippen molar-refractivity contribution in [3.63, 3.8) is 0 Å². The number of halogens is 1. The van der Waals surface area contributed by atoms with Gasteiger partial charge in [-0.2, -0.15) is 4.31 Å². The second kappa shape index (κ2) is 8.94. The van der Waals surface area contributed by atoms with Crippen LogP contribution >= 0.6 is 11.6 Å². The minimum Gasteiger partial charge on any atom is -0.479 e. The molecule has 1 N–H and O–H groups in total. The number of sulfonamides is 1. The highest BCUT2D eigenvalue weighted by Crippen LogP contribution is 2.25. The molecule has 1 heterocycles. The predicted octanol–water partition coefficient (Wildman–Crippen LogP) is 3.92. The van der Waals surface area contributed by atoms with Crippen molar-refractivity contribution >= 4 is 33.2 Å². The van der Waals surface area contributed by atoms with Crippen LogP contribution in [0.1, 0.15) is 26.2 Å². The summed E-state index contributed by atoms with van der Waals surface area (Å²) in [6, 6.07) is 13.1. The van der Waals surface area contributed by atoms with Gasteiger partial charge in [0.2, 0.25) is 10.0 Å². The summed E-state index contributed by atoms with van der Waals surface area (Å²) in [5, 5.41) is 3.15. The minimum atomic E-state index is -3.49. The summed E-state index contributed by atoms with van der Waals surface area (Å²) in [7, 11) is -3.49. The molecule has 1 fully saturated rings. The van der Waals surface area contributed by atoms with E-state index in [0.717, 1.165) is 19.3 Å². The third kappa shape index (κ3) is 4.84. The van der Waals surface area contributed by atoms with Crippen LogP contribution in [-0.4, -0.2) is 37.8 Å². The Kier molecular flexibility index (Phi) is 6.59. The van der Waals surface area contributed by atoms with Gasteiger partial charge in [-0.3, -0.25) is 4.79 Å². The first-order valence-corrected chi connectivity index (χ1v) is 11.0. The Balaban J connectivity index is 1.63. The van der Waals surface area contributed by atoms with E-state index in [1.807, 2.05) is 0 Å². The van der Waals surface area contributed by atoms with Gasteiger partial charge in [0.05, 0.1) is 9.92 Å². The largest absolute Gasteiger partial charge is 0.479 e. The fourth-order valence-corrected chi connectivity index (χ4v) is 4.69. The average Bonchev–Trinajstić information content (AvgIpc) is 2.70. The molecule has 1 aliphatic rings. The molecule has 0 aromatic heterocycles. The molecule has 0 radical (unpaired) electrons. The molecule has 8 heteroatoms. The Bertz CT molecular complexity index is 925. The zero-order chi connectivity index (χ0) is 20.1. The maximum absolute atomic E-state index is 12.7. The molecule has 150 valence electrons. The van der Waals surface area contributed by atoms with Crippen molar-refractivity contribution in [3.8, 4) is 5.75 Å². The molecule has 0 bridgehead atoms. The van der Waals surface area contributed by atoms with Crippen molar-refractivity contribution in [1.29, 1.82) is 0 Å². The Morgan fingerprint density at radius 2 is 1.71 bits per heavy atom. The van der Waals surface area contributed by atoms with Crippen molar-refractivity contribution in [2.75, 3.05) is 18.4 Å². The first kappa shape index (κ1) is 20.6. The van der Waals surface area contributed by atoms with Crippen LogP contribution in [0.3, 0.4) is 0 Å². The molecular weight excluding hydrogens is 400 g/mol. The van der Waals surface area contributed by atoms with Crippen LogP contribution in [0.15, 0.2) is 53.4 Å². The van der Waals surface area contributed by atoms with Gasteiger partial charge in [-0.25, -0.2) is 8.42 Å². The first-order chi connectivity index (χ1) is 13.4. The number of nitrogens with zero attached hydrogens (tertiary/aromatic N) is 1. The molecule has 0 saturated carbocycles. The summed E-state index contributed by atoms with van der Waals surface area (Å²) in [5.74, 6) is 0.0707. The predicted molar refractivity (Wildman–Crippen MR) is 109 cm³/mol. The maximum atomic E-state index is 12.7. The molecule has 3 rings (SSSR count). The lowest BCUT2D eigenvalue weighted by molar-refractivity contribution is -0.122. The minimum absolute atomic E-state index is 0.229. The lowest BCUT2D eigenvalue weighted by atomic mass is 10.2. The van der Waals surface area contributed by atoms with Gasteiger partial charge in [-0.05, 0) is 56.2 Å². The molecule has 0 aliphatic carbocycles. The summed E-state index contributed by atoms with van der Waals surface area (Å²) in [6.45, 7) is 2.73. The van der Waals surface area contributed by atoms with E-state index in [-0.39, 0.29) is 10.8 Å². The highest BCUT2D eigenvalue weighted by molar-refractivity contribution is 7.89. The van der Waals surface area contributed by atoms with Gasteiger partial charge in [0.25, 0.3) is 5.91 Å². The van der Waals surface area contributed by atoms with Gasteiger partial charge in [-0.15, -0.1) is 0 Å². The SMILES string of the molecule is C[C@@H](Oc1ccccc1Cl)C(=O)Nc1ccc(S(=O)(=O)N2CCCCC2)cc1. The highest BCUT2D eigenvalue weighted by atomic mass is 35.5. The van der Waals surface area contributed by atoms with Gasteiger partial charge in [0, 0.05) is 18.8 Å². The van der Waals surface area contributed by atoms with Gasteiger partial charge in [0.15, 0.2) is 6.10 Å². The molecule has 1 amide bonds. The van der Waals surface area contributed by atoms with Crippen molar-refractivity contribution in [2.24, 2.45) is 0 Å². The van der Waals surface area contributed by atoms with Crippen molar-refractivity contribution in [1.82, 2.24) is 4.31 Å². The lowest BCUT2D eigenvalue weighted by Gasteiger charge is -2.25. The van der Waals surface area contributed by atoms with Gasteiger partial charge in [0.1, 0.15) is 5.75 Å². The zero-order valence-electron chi connectivity index (χ0n) is 15.6. The van der Waals surface area contributed by atoms with Crippen LogP contribution in [0.2, 0.25) is 5.02 Å². The number of amides is 1. The first-order valence-electron chi connectivity index (χ1n) is 9.20. The number of rotatable bonds is 6. The van der Waals surface area contributed by atoms with E-state index in [1.54, 1.807) is 43.3 Å². The number of carbonyl (C=O) groups excluding carboxylic acids is 1. The fourth-order valence-electron chi connectivity index (χ4n) is 2.99. The molecule has 0 unspecified atom stereocenters. The van der Waals surface area contributed by atoms with Gasteiger partial charge < -0.3 is 10.1 Å². The van der Waals surface area contributed by atoms with E-state index in [9.17, 15) is 13.2 Å². The molecule has 2 aromatic rings. The summed E-state index contributed by atoms with van der Waals surface area (Å²) < 4.78 is 32.4. The Morgan fingerprint density at radius 1 is 1.07 bits per heavy atom. The number of hydrogen-bond acceptors (Lipinski definition) is 4. The molecule has 0 spiro atoms. The van der Waals surface area contributed by atoms with Crippen LogP contribution in [-0.2, 0) is 14.8 Å². The van der Waals surface area contributed by atoms with Gasteiger partial charge in [-0.1, -0.05) is 30.2 Å². The Hall–Kier alpha value is -2.09. The highest BCUT2D eigenvalue weighted by Gasteiger charge is 2.25. The monoisotopic (exact) mass is 422 g/mol. The van der Waals surface area contributed by atoms with Crippen molar-refractivity contribution < 1.29 is 17.9 Å². The van der Waals surface area contributed by atoms with Crippen molar-refractivity contribution in [3.05, 3.63) is 53.6 Å². The summed E-state index contributed by atoms with van der Waals surface area (Å²) in [4.78, 5) is 12.6. The number of anilines is 1. The molecule has 1 aliphatic heterocycles. The fraction of sp³-hybridized carbons (Fsp3) is 0.350. The van der Waals surface area contributed by atoms with Crippen LogP contribution in [0.25, 0.3) is 0 Å². The molecule has 6 nitrogen and oxygen atoms in total. The topological polar surface area (TPSA) is 75.7 Å². The van der Waals surface area contributed by atoms with E-state index in [2.05, 4.69) is 5.32 Å². The molecule has 1 saturated heterocycles. The normalized spacial score (nSPS) is 16.4. The number of nitrogens with one attached hydrogen (secondary N) is 1. The van der Waals surface area contributed by atoms with E-state index < -0.39 is 16.1 Å². The maximum Gasteiger partial charge on any atom is 0.265 e. The second-order valence-corrected chi connectivity index (χ2v) is 9.01. The number of para-hydroxylation sites is 1. The summed E-state index contributed by atoms with van der Waals surface area (Å²) >= 11 is 6.04. The second-order valence-electron chi connectivity index (χ2n) is 6.67. The van der Waals surface area contributed by atoms with Crippen molar-refractivity contribution in [2.45, 2.75) is 37.2 Å². The zero-order valence-corrected chi connectivity index (χ0v) is 17.2. The number of piperidine rings is 1. The summed E-state index contributed by atoms with van der Waals surface area (Å²) in [5.41, 5.74) is 0.497. The van der Waals surface area contributed by atoms with E-state index in [0.29, 0.717) is 29.5 Å². The molecule has 28 heavy (non-hydrogen) atoms. The van der Waals surface area contributed by atoms with Crippen LogP contribution < -0.4 is 10.1 Å². The van der Waals surface area contributed by atoms with E-state index >= 15 is 0 Å². The number of ether oxygens (including phenoxy) is 1. The number of benzene rings is 2. The molecular formula is C20H23ClN2O4S. The lowest BCUT2D eigenvalue weighted by Crippen LogP contribution is -2.35. The van der Waals surface area contributed by atoms with Crippen LogP contribution in [0.5, 0.6) is 5.75 Å². The number of carbonyl (C=O) groups is 1.